The molecule has 2 unspecified atom stereocenters. The van der Waals surface area contributed by atoms with E-state index in [0.717, 1.165) is 31.5 Å². The summed E-state index contributed by atoms with van der Waals surface area (Å²) in [4.78, 5) is 14.5. The zero-order valence-electron chi connectivity index (χ0n) is 10.9. The molecular formula is C15H20N2O. The molecule has 2 aliphatic heterocycles. The van der Waals surface area contributed by atoms with E-state index in [2.05, 4.69) is 24.4 Å². The number of anilines is 1. The molecule has 96 valence electrons. The largest absolute Gasteiger partial charge is 0.310 e. The highest BCUT2D eigenvalue weighted by Gasteiger charge is 2.31. The van der Waals surface area contributed by atoms with Crippen molar-refractivity contribution in [3.63, 3.8) is 0 Å². The average Bonchev–Trinajstić information content (AvgIpc) is 2.82. The minimum atomic E-state index is 0.0138. The second-order valence-electron chi connectivity index (χ2n) is 5.42. The predicted molar refractivity (Wildman–Crippen MR) is 72.7 cm³/mol. The fourth-order valence-corrected chi connectivity index (χ4v) is 3.09. The Kier molecular flexibility index (Phi) is 3.08. The maximum absolute atomic E-state index is 12.6. The Morgan fingerprint density at radius 1 is 1.33 bits per heavy atom. The number of para-hydroxylation sites is 1. The van der Waals surface area contributed by atoms with E-state index in [1.165, 1.54) is 12.0 Å². The number of carbonyl (C=O) groups is 1. The van der Waals surface area contributed by atoms with E-state index in [1.807, 2.05) is 17.0 Å². The molecule has 1 amide bonds. The lowest BCUT2D eigenvalue weighted by Crippen LogP contribution is -2.51. The number of rotatable bonds is 1. The van der Waals surface area contributed by atoms with Gasteiger partial charge in [-0.2, -0.15) is 0 Å². The van der Waals surface area contributed by atoms with Crippen LogP contribution >= 0.6 is 0 Å². The second kappa shape index (κ2) is 4.73. The fourth-order valence-electron chi connectivity index (χ4n) is 3.09. The topological polar surface area (TPSA) is 32.3 Å². The van der Waals surface area contributed by atoms with E-state index in [1.54, 1.807) is 0 Å². The third-order valence-corrected chi connectivity index (χ3v) is 4.07. The molecule has 2 aliphatic rings. The van der Waals surface area contributed by atoms with Crippen LogP contribution in [-0.2, 0) is 11.2 Å². The van der Waals surface area contributed by atoms with Gasteiger partial charge in [0.15, 0.2) is 0 Å². The molecule has 0 spiro atoms. The van der Waals surface area contributed by atoms with Crippen molar-refractivity contribution in [2.75, 3.05) is 11.4 Å². The van der Waals surface area contributed by atoms with Crippen LogP contribution in [0.3, 0.4) is 0 Å². The van der Waals surface area contributed by atoms with Crippen LogP contribution in [0.15, 0.2) is 24.3 Å². The summed E-state index contributed by atoms with van der Waals surface area (Å²) in [5.41, 5.74) is 2.41. The van der Waals surface area contributed by atoms with Gasteiger partial charge in [0.1, 0.15) is 0 Å². The Morgan fingerprint density at radius 3 is 3.00 bits per heavy atom. The molecule has 18 heavy (non-hydrogen) atoms. The van der Waals surface area contributed by atoms with Gasteiger partial charge in [0.05, 0.1) is 6.04 Å². The molecule has 0 bridgehead atoms. The lowest BCUT2D eigenvalue weighted by Gasteiger charge is -2.31. The number of hydrogen-bond acceptors (Lipinski definition) is 2. The molecule has 0 aliphatic carbocycles. The fraction of sp³-hybridized carbons (Fsp3) is 0.533. The van der Waals surface area contributed by atoms with E-state index in [4.69, 9.17) is 0 Å². The van der Waals surface area contributed by atoms with Gasteiger partial charge in [-0.25, -0.2) is 0 Å². The van der Waals surface area contributed by atoms with Crippen molar-refractivity contribution >= 4 is 11.6 Å². The molecule has 2 atom stereocenters. The van der Waals surface area contributed by atoms with Gasteiger partial charge in [-0.1, -0.05) is 18.2 Å². The molecule has 0 aromatic heterocycles. The SMILES string of the molecule is CC1CCCC(C(=O)N2CCc3ccccc32)N1. The monoisotopic (exact) mass is 244 g/mol. The lowest BCUT2D eigenvalue weighted by atomic mass is 9.98. The van der Waals surface area contributed by atoms with Crippen LogP contribution in [0.5, 0.6) is 0 Å². The third kappa shape index (κ3) is 2.03. The maximum atomic E-state index is 12.6. The Bertz CT molecular complexity index is 458. The molecule has 1 fully saturated rings. The first-order valence-corrected chi connectivity index (χ1v) is 6.91. The number of fused-ring (bicyclic) bond motifs is 1. The van der Waals surface area contributed by atoms with Gasteiger partial charge < -0.3 is 10.2 Å². The Hall–Kier alpha value is -1.35. The highest BCUT2D eigenvalue weighted by molar-refractivity contribution is 5.99. The summed E-state index contributed by atoms with van der Waals surface area (Å²) in [6.45, 7) is 3.00. The van der Waals surface area contributed by atoms with Crippen molar-refractivity contribution in [2.24, 2.45) is 0 Å². The highest BCUT2D eigenvalue weighted by Crippen LogP contribution is 2.29. The number of hydrogen-bond donors (Lipinski definition) is 1. The summed E-state index contributed by atoms with van der Waals surface area (Å²) in [5, 5.41) is 3.43. The van der Waals surface area contributed by atoms with Crippen LogP contribution in [0.25, 0.3) is 0 Å². The van der Waals surface area contributed by atoms with E-state index < -0.39 is 0 Å². The van der Waals surface area contributed by atoms with Gasteiger partial charge in [0.2, 0.25) is 5.91 Å². The van der Waals surface area contributed by atoms with Crippen molar-refractivity contribution in [1.82, 2.24) is 5.32 Å². The summed E-state index contributed by atoms with van der Waals surface area (Å²) in [5.74, 6) is 0.256. The Balaban J connectivity index is 1.78. The number of nitrogens with one attached hydrogen (secondary N) is 1. The number of benzene rings is 1. The average molecular weight is 244 g/mol. The van der Waals surface area contributed by atoms with Gasteiger partial charge in [-0.05, 0) is 44.2 Å². The first-order chi connectivity index (χ1) is 8.75. The van der Waals surface area contributed by atoms with Crippen LogP contribution in [0.4, 0.5) is 5.69 Å². The van der Waals surface area contributed by atoms with Crippen LogP contribution < -0.4 is 10.2 Å². The highest BCUT2D eigenvalue weighted by atomic mass is 16.2. The van der Waals surface area contributed by atoms with Gasteiger partial charge >= 0.3 is 0 Å². The van der Waals surface area contributed by atoms with Gasteiger partial charge in [-0.15, -0.1) is 0 Å². The minimum Gasteiger partial charge on any atom is -0.310 e. The van der Waals surface area contributed by atoms with Crippen LogP contribution in [0.2, 0.25) is 0 Å². The predicted octanol–water partition coefficient (Wildman–Crippen LogP) is 2.11. The van der Waals surface area contributed by atoms with Crippen LogP contribution in [-0.4, -0.2) is 24.5 Å². The maximum Gasteiger partial charge on any atom is 0.244 e. The molecule has 1 aromatic carbocycles. The van der Waals surface area contributed by atoms with Crippen molar-refractivity contribution in [3.8, 4) is 0 Å². The van der Waals surface area contributed by atoms with Crippen molar-refractivity contribution < 1.29 is 4.79 Å². The molecule has 2 heterocycles. The zero-order chi connectivity index (χ0) is 12.5. The first-order valence-electron chi connectivity index (χ1n) is 6.91. The van der Waals surface area contributed by atoms with Gasteiger partial charge in [0.25, 0.3) is 0 Å². The molecule has 0 saturated carbocycles. The van der Waals surface area contributed by atoms with Gasteiger partial charge in [0, 0.05) is 18.3 Å². The number of nitrogens with zero attached hydrogens (tertiary/aromatic N) is 1. The minimum absolute atomic E-state index is 0.0138. The number of piperidine rings is 1. The van der Waals surface area contributed by atoms with Crippen LogP contribution in [0.1, 0.15) is 31.7 Å². The van der Waals surface area contributed by atoms with E-state index in [0.29, 0.717) is 6.04 Å². The summed E-state index contributed by atoms with van der Waals surface area (Å²) in [6.07, 6.45) is 4.30. The number of amides is 1. The van der Waals surface area contributed by atoms with E-state index in [9.17, 15) is 4.79 Å². The standard InChI is InChI=1S/C15H20N2O/c1-11-5-4-7-13(16-11)15(18)17-10-9-12-6-2-3-8-14(12)17/h2-3,6,8,11,13,16H,4-5,7,9-10H2,1H3. The molecular weight excluding hydrogens is 224 g/mol. The molecule has 0 radical (unpaired) electrons. The summed E-state index contributed by atoms with van der Waals surface area (Å²) in [7, 11) is 0. The molecule has 1 saturated heterocycles. The van der Waals surface area contributed by atoms with E-state index >= 15 is 0 Å². The molecule has 3 rings (SSSR count). The molecule has 1 aromatic rings. The molecule has 3 heteroatoms. The second-order valence-corrected chi connectivity index (χ2v) is 5.42. The van der Waals surface area contributed by atoms with Crippen molar-refractivity contribution in [2.45, 2.75) is 44.7 Å². The summed E-state index contributed by atoms with van der Waals surface area (Å²) < 4.78 is 0. The van der Waals surface area contributed by atoms with Crippen molar-refractivity contribution in [1.29, 1.82) is 0 Å². The summed E-state index contributed by atoms with van der Waals surface area (Å²) in [6, 6.07) is 8.73. The Morgan fingerprint density at radius 2 is 2.17 bits per heavy atom. The van der Waals surface area contributed by atoms with Gasteiger partial charge in [-0.3, -0.25) is 4.79 Å². The third-order valence-electron chi connectivity index (χ3n) is 4.07. The molecule has 1 N–H and O–H groups in total. The van der Waals surface area contributed by atoms with Crippen LogP contribution in [0, 0.1) is 0 Å². The summed E-state index contributed by atoms with van der Waals surface area (Å²) >= 11 is 0. The van der Waals surface area contributed by atoms with Crippen molar-refractivity contribution in [3.05, 3.63) is 29.8 Å². The normalized spacial score (nSPS) is 27.1. The lowest BCUT2D eigenvalue weighted by molar-refractivity contribution is -0.121. The molecule has 3 nitrogen and oxygen atoms in total. The smallest absolute Gasteiger partial charge is 0.244 e. The quantitative estimate of drug-likeness (QED) is 0.820. The first kappa shape index (κ1) is 11.7. The zero-order valence-corrected chi connectivity index (χ0v) is 10.9. The van der Waals surface area contributed by atoms with E-state index in [-0.39, 0.29) is 11.9 Å². The number of carbonyl (C=O) groups excluding carboxylic acids is 1. The Labute approximate surface area is 108 Å².